The molecule has 0 aliphatic carbocycles. The molecular formula is C11H22N2O. The number of hydrogen-bond acceptors (Lipinski definition) is 3. The van der Waals surface area contributed by atoms with Gasteiger partial charge in [0.25, 0.3) is 0 Å². The van der Waals surface area contributed by atoms with E-state index in [1.165, 1.54) is 19.4 Å². The molecule has 3 atom stereocenters. The van der Waals surface area contributed by atoms with Gasteiger partial charge in [0.05, 0.1) is 6.10 Å². The van der Waals surface area contributed by atoms with Crippen LogP contribution in [0.3, 0.4) is 0 Å². The van der Waals surface area contributed by atoms with Crippen molar-refractivity contribution in [2.24, 2.45) is 0 Å². The first-order valence-corrected chi connectivity index (χ1v) is 5.92. The minimum atomic E-state index is -0.0897. The molecule has 0 radical (unpaired) electrons. The zero-order valence-corrected chi connectivity index (χ0v) is 9.08. The predicted octanol–water partition coefficient (Wildman–Crippen LogP) is 0.584. The Kier molecular flexibility index (Phi) is 3.42. The highest BCUT2D eigenvalue weighted by atomic mass is 16.3. The van der Waals surface area contributed by atoms with Crippen molar-refractivity contribution in [2.75, 3.05) is 19.6 Å². The van der Waals surface area contributed by atoms with Crippen molar-refractivity contribution in [3.8, 4) is 0 Å². The van der Waals surface area contributed by atoms with E-state index in [1.54, 1.807) is 0 Å². The Morgan fingerprint density at radius 1 is 1.29 bits per heavy atom. The standard InChI is InChI=1S/C11H22N2O/c1-9-4-5-11(14)8-13(9)10-3-2-6-12-7-10/h9-12,14H,2-8H2,1H3/t9-,10?,11-/m1/s1. The summed E-state index contributed by atoms with van der Waals surface area (Å²) in [5.74, 6) is 0. The number of nitrogens with zero attached hydrogens (tertiary/aromatic N) is 1. The van der Waals surface area contributed by atoms with Gasteiger partial charge in [0, 0.05) is 25.2 Å². The zero-order valence-electron chi connectivity index (χ0n) is 9.08. The van der Waals surface area contributed by atoms with Gasteiger partial charge in [0.15, 0.2) is 0 Å². The van der Waals surface area contributed by atoms with Crippen LogP contribution in [0.15, 0.2) is 0 Å². The van der Waals surface area contributed by atoms with Crippen LogP contribution in [-0.4, -0.2) is 47.8 Å². The molecule has 0 aromatic heterocycles. The summed E-state index contributed by atoms with van der Waals surface area (Å²) in [6.45, 7) is 5.45. The van der Waals surface area contributed by atoms with Gasteiger partial charge < -0.3 is 10.4 Å². The first-order chi connectivity index (χ1) is 6.77. The molecule has 0 bridgehead atoms. The summed E-state index contributed by atoms with van der Waals surface area (Å²) in [5.41, 5.74) is 0. The number of aliphatic hydroxyl groups excluding tert-OH is 1. The third-order valence-electron chi connectivity index (χ3n) is 3.65. The van der Waals surface area contributed by atoms with E-state index < -0.39 is 0 Å². The molecule has 2 aliphatic rings. The molecule has 0 amide bonds. The Bertz CT molecular complexity index is 180. The summed E-state index contributed by atoms with van der Waals surface area (Å²) in [6.07, 6.45) is 4.62. The maximum Gasteiger partial charge on any atom is 0.0667 e. The number of rotatable bonds is 1. The molecule has 3 heteroatoms. The predicted molar refractivity (Wildman–Crippen MR) is 57.3 cm³/mol. The summed E-state index contributed by atoms with van der Waals surface area (Å²) >= 11 is 0. The first kappa shape index (κ1) is 10.4. The molecule has 14 heavy (non-hydrogen) atoms. The fourth-order valence-electron chi connectivity index (χ4n) is 2.74. The molecule has 82 valence electrons. The van der Waals surface area contributed by atoms with Gasteiger partial charge in [-0.25, -0.2) is 0 Å². The number of hydrogen-bond donors (Lipinski definition) is 2. The van der Waals surface area contributed by atoms with Gasteiger partial charge in [-0.05, 0) is 39.2 Å². The van der Waals surface area contributed by atoms with Crippen molar-refractivity contribution >= 4 is 0 Å². The lowest BCUT2D eigenvalue weighted by molar-refractivity contribution is 0.00855. The van der Waals surface area contributed by atoms with E-state index in [0.29, 0.717) is 12.1 Å². The molecule has 3 nitrogen and oxygen atoms in total. The van der Waals surface area contributed by atoms with Gasteiger partial charge in [-0.3, -0.25) is 4.90 Å². The second kappa shape index (κ2) is 4.60. The summed E-state index contributed by atoms with van der Waals surface area (Å²) in [6, 6.07) is 1.32. The number of piperidine rings is 2. The van der Waals surface area contributed by atoms with E-state index in [1.807, 2.05) is 0 Å². The van der Waals surface area contributed by atoms with Crippen LogP contribution in [0.25, 0.3) is 0 Å². The molecule has 0 saturated carbocycles. The largest absolute Gasteiger partial charge is 0.392 e. The summed E-state index contributed by atoms with van der Waals surface area (Å²) in [7, 11) is 0. The fourth-order valence-corrected chi connectivity index (χ4v) is 2.74. The van der Waals surface area contributed by atoms with E-state index in [2.05, 4.69) is 17.1 Å². The molecule has 0 spiro atoms. The number of β-amino-alcohol motifs (C(OH)–C–C–N with tert-alkyl or cyclic N) is 1. The Morgan fingerprint density at radius 3 is 2.86 bits per heavy atom. The van der Waals surface area contributed by atoms with Crippen molar-refractivity contribution in [1.82, 2.24) is 10.2 Å². The van der Waals surface area contributed by atoms with Gasteiger partial charge in [-0.15, -0.1) is 0 Å². The zero-order chi connectivity index (χ0) is 9.97. The van der Waals surface area contributed by atoms with Gasteiger partial charge in [0.1, 0.15) is 0 Å². The molecule has 2 rings (SSSR count). The van der Waals surface area contributed by atoms with E-state index in [0.717, 1.165) is 25.9 Å². The van der Waals surface area contributed by atoms with Gasteiger partial charge >= 0.3 is 0 Å². The Hall–Kier alpha value is -0.120. The molecule has 2 saturated heterocycles. The van der Waals surface area contributed by atoms with Crippen LogP contribution in [0.5, 0.6) is 0 Å². The number of likely N-dealkylation sites (tertiary alicyclic amines) is 1. The maximum atomic E-state index is 9.67. The topological polar surface area (TPSA) is 35.5 Å². The quantitative estimate of drug-likeness (QED) is 0.647. The highest BCUT2D eigenvalue weighted by Crippen LogP contribution is 2.22. The van der Waals surface area contributed by atoms with Gasteiger partial charge in [-0.1, -0.05) is 0 Å². The van der Waals surface area contributed by atoms with Crippen molar-refractivity contribution in [3.05, 3.63) is 0 Å². The average Bonchev–Trinajstić information content (AvgIpc) is 2.23. The van der Waals surface area contributed by atoms with Gasteiger partial charge in [0.2, 0.25) is 0 Å². The first-order valence-electron chi connectivity index (χ1n) is 5.92. The van der Waals surface area contributed by atoms with Crippen LogP contribution in [-0.2, 0) is 0 Å². The molecule has 0 aromatic rings. The lowest BCUT2D eigenvalue weighted by Gasteiger charge is -2.43. The summed E-state index contributed by atoms with van der Waals surface area (Å²) in [4.78, 5) is 2.50. The van der Waals surface area contributed by atoms with Crippen LogP contribution >= 0.6 is 0 Å². The minimum absolute atomic E-state index is 0.0897. The maximum absolute atomic E-state index is 9.67. The Morgan fingerprint density at radius 2 is 2.14 bits per heavy atom. The molecule has 2 N–H and O–H groups in total. The molecule has 1 unspecified atom stereocenters. The van der Waals surface area contributed by atoms with Crippen molar-refractivity contribution in [3.63, 3.8) is 0 Å². The van der Waals surface area contributed by atoms with Crippen LogP contribution in [0.2, 0.25) is 0 Å². The Labute approximate surface area is 86.5 Å². The normalized spacial score (nSPS) is 41.1. The minimum Gasteiger partial charge on any atom is -0.392 e. The summed E-state index contributed by atoms with van der Waals surface area (Å²) in [5, 5.41) is 13.1. The van der Waals surface area contributed by atoms with E-state index in [-0.39, 0.29) is 6.10 Å². The van der Waals surface area contributed by atoms with E-state index in [4.69, 9.17) is 0 Å². The van der Waals surface area contributed by atoms with Crippen molar-refractivity contribution < 1.29 is 5.11 Å². The Balaban J connectivity index is 1.92. The number of aliphatic hydroxyl groups is 1. The molecular weight excluding hydrogens is 176 g/mol. The van der Waals surface area contributed by atoms with Crippen LogP contribution in [0, 0.1) is 0 Å². The average molecular weight is 198 g/mol. The monoisotopic (exact) mass is 198 g/mol. The molecule has 0 aromatic carbocycles. The van der Waals surface area contributed by atoms with E-state index >= 15 is 0 Å². The highest BCUT2D eigenvalue weighted by molar-refractivity contribution is 4.86. The number of nitrogens with one attached hydrogen (secondary N) is 1. The van der Waals surface area contributed by atoms with Crippen LogP contribution in [0.4, 0.5) is 0 Å². The molecule has 2 fully saturated rings. The lowest BCUT2D eigenvalue weighted by atomic mass is 9.96. The highest BCUT2D eigenvalue weighted by Gasteiger charge is 2.30. The second-order valence-electron chi connectivity index (χ2n) is 4.78. The molecule has 2 heterocycles. The molecule has 2 aliphatic heterocycles. The van der Waals surface area contributed by atoms with Crippen LogP contribution < -0.4 is 5.32 Å². The van der Waals surface area contributed by atoms with Crippen molar-refractivity contribution in [1.29, 1.82) is 0 Å². The summed E-state index contributed by atoms with van der Waals surface area (Å²) < 4.78 is 0. The van der Waals surface area contributed by atoms with Gasteiger partial charge in [-0.2, -0.15) is 0 Å². The second-order valence-corrected chi connectivity index (χ2v) is 4.78. The third-order valence-corrected chi connectivity index (χ3v) is 3.65. The van der Waals surface area contributed by atoms with Crippen molar-refractivity contribution in [2.45, 2.75) is 50.8 Å². The lowest BCUT2D eigenvalue weighted by Crippen LogP contribution is -2.54. The van der Waals surface area contributed by atoms with E-state index in [9.17, 15) is 5.11 Å². The van der Waals surface area contributed by atoms with Crippen LogP contribution in [0.1, 0.15) is 32.6 Å². The SMILES string of the molecule is C[C@@H]1CC[C@@H](O)CN1C1CCCNC1. The third kappa shape index (κ3) is 2.27. The fraction of sp³-hybridized carbons (Fsp3) is 1.00. The smallest absolute Gasteiger partial charge is 0.0667 e.